The Balaban J connectivity index is 1.28. The molecule has 0 aliphatic carbocycles. The average molecular weight is 534 g/mol. The number of para-hydroxylation sites is 1. The molecule has 0 N–H and O–H groups in total. The van der Waals surface area contributed by atoms with Gasteiger partial charge < -0.3 is 19.3 Å². The van der Waals surface area contributed by atoms with E-state index in [-0.39, 0.29) is 17.2 Å². The Hall–Kier alpha value is -4.05. The zero-order chi connectivity index (χ0) is 27.5. The van der Waals surface area contributed by atoms with E-state index in [4.69, 9.17) is 9.47 Å². The molecule has 10 heteroatoms. The predicted molar refractivity (Wildman–Crippen MR) is 150 cm³/mol. The lowest BCUT2D eigenvalue weighted by Gasteiger charge is -2.37. The molecule has 0 spiro atoms. The molecule has 1 saturated heterocycles. The van der Waals surface area contributed by atoms with Crippen LogP contribution in [-0.2, 0) is 25.4 Å². The zero-order valence-corrected chi connectivity index (χ0v) is 22.8. The maximum absolute atomic E-state index is 12.5. The Bertz CT molecular complexity index is 1470. The molecule has 39 heavy (non-hydrogen) atoms. The van der Waals surface area contributed by atoms with E-state index in [9.17, 15) is 14.4 Å². The number of benzene rings is 2. The van der Waals surface area contributed by atoms with E-state index in [1.54, 1.807) is 20.0 Å². The van der Waals surface area contributed by atoms with Gasteiger partial charge in [0.15, 0.2) is 0 Å². The minimum absolute atomic E-state index is 0.288. The summed E-state index contributed by atoms with van der Waals surface area (Å²) >= 11 is 0. The van der Waals surface area contributed by atoms with Crippen molar-refractivity contribution >= 4 is 23.2 Å². The van der Waals surface area contributed by atoms with Gasteiger partial charge in [-0.2, -0.15) is 0 Å². The summed E-state index contributed by atoms with van der Waals surface area (Å²) in [7, 11) is 3.20. The number of hydrogen-bond acceptors (Lipinski definition) is 8. The molecule has 0 amide bonds. The summed E-state index contributed by atoms with van der Waals surface area (Å²) in [6.45, 7) is 7.40. The fourth-order valence-electron chi connectivity index (χ4n) is 5.29. The molecule has 0 radical (unpaired) electrons. The number of nitrogens with zero attached hydrogens (tertiary/aromatic N) is 5. The van der Waals surface area contributed by atoms with E-state index in [1.807, 2.05) is 24.3 Å². The Morgan fingerprint density at radius 2 is 1.69 bits per heavy atom. The van der Waals surface area contributed by atoms with Crippen molar-refractivity contribution in [3.63, 3.8) is 0 Å². The van der Waals surface area contributed by atoms with Gasteiger partial charge in [-0.15, -0.1) is 0 Å². The van der Waals surface area contributed by atoms with Gasteiger partial charge in [0.05, 0.1) is 17.9 Å². The van der Waals surface area contributed by atoms with Gasteiger partial charge in [-0.1, -0.05) is 18.2 Å². The summed E-state index contributed by atoms with van der Waals surface area (Å²) in [6.07, 6.45) is 0.905. The maximum Gasteiger partial charge on any atom is 0.338 e. The average Bonchev–Trinajstić information content (AvgIpc) is 3.11. The van der Waals surface area contributed by atoms with Crippen LogP contribution < -0.4 is 25.8 Å². The smallest absolute Gasteiger partial charge is 0.338 e. The quantitative estimate of drug-likeness (QED) is 0.428. The molecule has 0 unspecified atom stereocenters. The van der Waals surface area contributed by atoms with Gasteiger partial charge in [-0.05, 0) is 44.2 Å². The Morgan fingerprint density at radius 3 is 2.46 bits per heavy atom. The largest absolute Gasteiger partial charge is 0.487 e. The first kappa shape index (κ1) is 26.6. The summed E-state index contributed by atoms with van der Waals surface area (Å²) in [6, 6.07) is 15.2. The normalized spacial score (nSPS) is 15.3. The highest BCUT2D eigenvalue weighted by atomic mass is 16.5. The van der Waals surface area contributed by atoms with E-state index in [0.717, 1.165) is 72.9 Å². The number of aromatic nitrogens is 2. The summed E-state index contributed by atoms with van der Waals surface area (Å²) in [5.41, 5.74) is 2.94. The first-order valence-electron chi connectivity index (χ1n) is 13.4. The molecule has 10 nitrogen and oxygen atoms in total. The Morgan fingerprint density at radius 1 is 0.923 bits per heavy atom. The number of piperazine rings is 1. The standard InChI is InChI=1S/C29H35N5O5/c1-4-38-28(36)21-10-11-25-24(18-21)34(23-9-6-5-8-22(23)20-39-25)13-7-12-32-14-16-33(17-15-32)26-19-27(35)31(3)29(37)30(26)2/h5-6,8-11,18-19H,4,7,12-17,20H2,1-3H3. The second kappa shape index (κ2) is 11.4. The molecule has 2 aliphatic rings. The lowest BCUT2D eigenvalue weighted by atomic mass is 10.1. The summed E-state index contributed by atoms with van der Waals surface area (Å²) in [5.74, 6) is 1.06. The molecule has 2 aromatic carbocycles. The Labute approximate surface area is 227 Å². The third-order valence-corrected chi connectivity index (χ3v) is 7.48. The molecule has 2 aliphatic heterocycles. The van der Waals surface area contributed by atoms with Gasteiger partial charge >= 0.3 is 11.7 Å². The van der Waals surface area contributed by atoms with E-state index in [0.29, 0.717) is 24.6 Å². The molecule has 1 aromatic heterocycles. The van der Waals surface area contributed by atoms with Gasteiger partial charge in [-0.25, -0.2) is 9.59 Å². The minimum atomic E-state index is -0.343. The molecule has 0 bridgehead atoms. The van der Waals surface area contributed by atoms with Gasteiger partial charge in [0.1, 0.15) is 18.2 Å². The van der Waals surface area contributed by atoms with Crippen LogP contribution in [-0.4, -0.2) is 65.9 Å². The molecular formula is C29H35N5O5. The van der Waals surface area contributed by atoms with E-state index >= 15 is 0 Å². The van der Waals surface area contributed by atoms with E-state index in [2.05, 4.69) is 26.8 Å². The van der Waals surface area contributed by atoms with Gasteiger partial charge in [0, 0.05) is 64.1 Å². The van der Waals surface area contributed by atoms with Gasteiger partial charge in [-0.3, -0.25) is 18.8 Å². The number of fused-ring (bicyclic) bond motifs is 2. The molecule has 3 heterocycles. The van der Waals surface area contributed by atoms with Crippen molar-refractivity contribution in [2.75, 3.05) is 55.7 Å². The van der Waals surface area contributed by atoms with Gasteiger partial charge in [0.25, 0.3) is 5.56 Å². The van der Waals surface area contributed by atoms with Crippen molar-refractivity contribution in [1.29, 1.82) is 0 Å². The second-order valence-electron chi connectivity index (χ2n) is 9.90. The zero-order valence-electron chi connectivity index (χ0n) is 22.8. The van der Waals surface area contributed by atoms with Crippen LogP contribution in [0.5, 0.6) is 5.75 Å². The van der Waals surface area contributed by atoms with Crippen molar-refractivity contribution in [2.45, 2.75) is 20.0 Å². The molecule has 3 aromatic rings. The van der Waals surface area contributed by atoms with Crippen molar-refractivity contribution in [2.24, 2.45) is 14.1 Å². The van der Waals surface area contributed by atoms with E-state index in [1.165, 1.54) is 17.7 Å². The van der Waals surface area contributed by atoms with E-state index < -0.39 is 0 Å². The number of anilines is 3. The van der Waals surface area contributed by atoms with Crippen LogP contribution in [0, 0.1) is 0 Å². The molecule has 0 saturated carbocycles. The number of ether oxygens (including phenoxy) is 2. The van der Waals surface area contributed by atoms with Crippen LogP contribution in [0.3, 0.4) is 0 Å². The van der Waals surface area contributed by atoms with Gasteiger partial charge in [0.2, 0.25) is 0 Å². The molecule has 0 atom stereocenters. The monoisotopic (exact) mass is 533 g/mol. The molecule has 5 rings (SSSR count). The fraction of sp³-hybridized carbons (Fsp3) is 0.414. The lowest BCUT2D eigenvalue weighted by molar-refractivity contribution is 0.0526. The highest BCUT2D eigenvalue weighted by Gasteiger charge is 2.24. The lowest BCUT2D eigenvalue weighted by Crippen LogP contribution is -2.49. The van der Waals surface area contributed by atoms with Crippen LogP contribution in [0.2, 0.25) is 0 Å². The second-order valence-corrected chi connectivity index (χ2v) is 9.90. The van der Waals surface area contributed by atoms with Crippen LogP contribution in [0.15, 0.2) is 58.1 Å². The number of carbonyl (C=O) groups is 1. The highest BCUT2D eigenvalue weighted by molar-refractivity contribution is 5.92. The van der Waals surface area contributed by atoms with Crippen LogP contribution in [0.4, 0.5) is 17.2 Å². The minimum Gasteiger partial charge on any atom is -0.487 e. The summed E-state index contributed by atoms with van der Waals surface area (Å²) in [5, 5.41) is 0. The van der Waals surface area contributed by atoms with Crippen LogP contribution in [0.1, 0.15) is 29.3 Å². The van der Waals surface area contributed by atoms with Crippen LogP contribution in [0.25, 0.3) is 0 Å². The maximum atomic E-state index is 12.5. The number of rotatable bonds is 7. The first-order valence-corrected chi connectivity index (χ1v) is 13.4. The number of carbonyl (C=O) groups excluding carboxylic acids is 1. The van der Waals surface area contributed by atoms with Crippen molar-refractivity contribution in [3.05, 3.63) is 80.5 Å². The fourth-order valence-corrected chi connectivity index (χ4v) is 5.29. The highest BCUT2D eigenvalue weighted by Crippen LogP contribution is 2.40. The predicted octanol–water partition coefficient (Wildman–Crippen LogP) is 2.50. The molecule has 1 fully saturated rings. The molecular weight excluding hydrogens is 498 g/mol. The topological polar surface area (TPSA) is 89.3 Å². The SMILES string of the molecule is CCOC(=O)c1ccc2c(c1)N(CCCN1CCN(c3cc(=O)n(C)c(=O)n3C)CC1)c1ccccc1CO2. The van der Waals surface area contributed by atoms with Crippen molar-refractivity contribution in [1.82, 2.24) is 14.0 Å². The number of esters is 1. The molecule has 206 valence electrons. The summed E-state index contributed by atoms with van der Waals surface area (Å²) < 4.78 is 14.0. The number of hydrogen-bond donors (Lipinski definition) is 0. The summed E-state index contributed by atoms with van der Waals surface area (Å²) in [4.78, 5) is 43.7. The first-order chi connectivity index (χ1) is 18.9. The van der Waals surface area contributed by atoms with Crippen molar-refractivity contribution in [3.8, 4) is 5.75 Å². The third kappa shape index (κ3) is 5.42. The van der Waals surface area contributed by atoms with Crippen molar-refractivity contribution < 1.29 is 14.3 Å². The Kier molecular flexibility index (Phi) is 7.74. The third-order valence-electron chi connectivity index (χ3n) is 7.48. The van der Waals surface area contributed by atoms with Crippen LogP contribution >= 0.6 is 0 Å².